The second-order valence-corrected chi connectivity index (χ2v) is 3.66. The molecule has 1 N–H and O–H groups in total. The van der Waals surface area contributed by atoms with E-state index in [1.165, 1.54) is 0 Å². The van der Waals surface area contributed by atoms with Crippen LogP contribution in [0.25, 0.3) is 5.69 Å². The zero-order valence-corrected chi connectivity index (χ0v) is 9.51. The summed E-state index contributed by atoms with van der Waals surface area (Å²) >= 11 is 0. The number of pyridine rings is 1. The molecule has 0 saturated heterocycles. The molecule has 0 radical (unpaired) electrons. The first kappa shape index (κ1) is 10.8. The van der Waals surface area contributed by atoms with Gasteiger partial charge in [0.25, 0.3) is 0 Å². The van der Waals surface area contributed by atoms with E-state index >= 15 is 0 Å². The average Bonchev–Trinajstić information content (AvgIpc) is 2.75. The standard InChI is InChI=1S/C11H15N5/c1-3-12-6-10-8-16(15-14-10)11-4-9(2)5-13-7-11/h4-5,7-8,12H,3,6H2,1-2H3. The molecule has 84 valence electrons. The summed E-state index contributed by atoms with van der Waals surface area (Å²) in [6, 6.07) is 2.03. The molecule has 0 aliphatic carbocycles. The number of aromatic nitrogens is 4. The fourth-order valence-corrected chi connectivity index (χ4v) is 1.42. The van der Waals surface area contributed by atoms with Gasteiger partial charge in [-0.2, -0.15) is 0 Å². The van der Waals surface area contributed by atoms with Gasteiger partial charge in [0.2, 0.25) is 0 Å². The van der Waals surface area contributed by atoms with Crippen LogP contribution >= 0.6 is 0 Å². The van der Waals surface area contributed by atoms with Crippen molar-refractivity contribution in [3.63, 3.8) is 0 Å². The van der Waals surface area contributed by atoms with Crippen molar-refractivity contribution >= 4 is 0 Å². The molecule has 5 nitrogen and oxygen atoms in total. The maximum Gasteiger partial charge on any atom is 0.0969 e. The molecule has 2 heterocycles. The molecule has 5 heteroatoms. The Labute approximate surface area is 94.5 Å². The Morgan fingerprint density at radius 1 is 1.38 bits per heavy atom. The largest absolute Gasteiger partial charge is 0.311 e. The number of rotatable bonds is 4. The molecule has 0 bridgehead atoms. The predicted molar refractivity (Wildman–Crippen MR) is 61.3 cm³/mol. The van der Waals surface area contributed by atoms with Crippen molar-refractivity contribution in [2.45, 2.75) is 20.4 Å². The summed E-state index contributed by atoms with van der Waals surface area (Å²) in [6.45, 7) is 5.75. The molecule has 2 rings (SSSR count). The van der Waals surface area contributed by atoms with Crippen molar-refractivity contribution in [2.24, 2.45) is 0 Å². The van der Waals surface area contributed by atoms with E-state index in [0.717, 1.165) is 30.0 Å². The van der Waals surface area contributed by atoms with E-state index in [1.54, 1.807) is 10.9 Å². The Kier molecular flexibility index (Phi) is 3.26. The van der Waals surface area contributed by atoms with E-state index in [2.05, 4.69) is 27.5 Å². The van der Waals surface area contributed by atoms with Gasteiger partial charge in [-0.05, 0) is 25.1 Å². The molecule has 0 spiro atoms. The molecule has 2 aromatic heterocycles. The van der Waals surface area contributed by atoms with Gasteiger partial charge in [-0.3, -0.25) is 4.98 Å². The van der Waals surface area contributed by atoms with Gasteiger partial charge < -0.3 is 5.32 Å². The van der Waals surface area contributed by atoms with Crippen molar-refractivity contribution in [3.05, 3.63) is 35.9 Å². The zero-order valence-electron chi connectivity index (χ0n) is 9.51. The van der Waals surface area contributed by atoms with Crippen molar-refractivity contribution < 1.29 is 0 Å². The van der Waals surface area contributed by atoms with Crippen LogP contribution in [0.1, 0.15) is 18.2 Å². The normalized spacial score (nSPS) is 10.6. The molecule has 0 unspecified atom stereocenters. The second kappa shape index (κ2) is 4.85. The van der Waals surface area contributed by atoms with Crippen LogP contribution in [0.15, 0.2) is 24.7 Å². The van der Waals surface area contributed by atoms with Crippen LogP contribution in [0.3, 0.4) is 0 Å². The van der Waals surface area contributed by atoms with Gasteiger partial charge in [0.15, 0.2) is 0 Å². The van der Waals surface area contributed by atoms with Crippen LogP contribution in [0.5, 0.6) is 0 Å². The second-order valence-electron chi connectivity index (χ2n) is 3.66. The molecule has 2 aromatic rings. The summed E-state index contributed by atoms with van der Waals surface area (Å²) in [6.07, 6.45) is 5.51. The Hall–Kier alpha value is -1.75. The van der Waals surface area contributed by atoms with Gasteiger partial charge in [-0.15, -0.1) is 5.10 Å². The van der Waals surface area contributed by atoms with Crippen LogP contribution in [0.4, 0.5) is 0 Å². The summed E-state index contributed by atoms with van der Waals surface area (Å²) in [5, 5.41) is 11.4. The number of nitrogens with one attached hydrogen (secondary N) is 1. The molecule has 0 aliphatic rings. The van der Waals surface area contributed by atoms with Crippen LogP contribution < -0.4 is 5.32 Å². The minimum absolute atomic E-state index is 0.746. The third-order valence-corrected chi connectivity index (χ3v) is 2.22. The van der Waals surface area contributed by atoms with Crippen LogP contribution in [-0.4, -0.2) is 26.5 Å². The highest BCUT2D eigenvalue weighted by Gasteiger charge is 2.02. The number of hydrogen-bond donors (Lipinski definition) is 1. The Balaban J connectivity index is 2.18. The Morgan fingerprint density at radius 2 is 2.25 bits per heavy atom. The summed E-state index contributed by atoms with van der Waals surface area (Å²) in [5.74, 6) is 0. The highest BCUT2D eigenvalue weighted by atomic mass is 15.4. The van der Waals surface area contributed by atoms with E-state index < -0.39 is 0 Å². The summed E-state index contributed by atoms with van der Waals surface area (Å²) in [5.41, 5.74) is 2.99. The molecule has 0 amide bonds. The van der Waals surface area contributed by atoms with Gasteiger partial charge in [0.1, 0.15) is 0 Å². The van der Waals surface area contributed by atoms with Crippen molar-refractivity contribution in [1.29, 1.82) is 0 Å². The molecular formula is C11H15N5. The van der Waals surface area contributed by atoms with E-state index in [0.29, 0.717) is 0 Å². The highest BCUT2D eigenvalue weighted by Crippen LogP contribution is 2.06. The van der Waals surface area contributed by atoms with E-state index in [-0.39, 0.29) is 0 Å². The summed E-state index contributed by atoms with van der Waals surface area (Å²) in [4.78, 5) is 4.13. The van der Waals surface area contributed by atoms with Gasteiger partial charge in [0, 0.05) is 12.7 Å². The summed E-state index contributed by atoms with van der Waals surface area (Å²) in [7, 11) is 0. The Morgan fingerprint density at radius 3 is 3.00 bits per heavy atom. The van der Waals surface area contributed by atoms with E-state index in [4.69, 9.17) is 0 Å². The Bertz CT molecular complexity index is 463. The van der Waals surface area contributed by atoms with Crippen LogP contribution in [0.2, 0.25) is 0 Å². The van der Waals surface area contributed by atoms with E-state index in [9.17, 15) is 0 Å². The lowest BCUT2D eigenvalue weighted by molar-refractivity contribution is 0.705. The highest BCUT2D eigenvalue weighted by molar-refractivity contribution is 5.30. The predicted octanol–water partition coefficient (Wildman–Crippen LogP) is 1.08. The van der Waals surface area contributed by atoms with Gasteiger partial charge in [-0.25, -0.2) is 4.68 Å². The maximum absolute atomic E-state index is 4.13. The number of nitrogens with zero attached hydrogens (tertiary/aromatic N) is 4. The number of hydrogen-bond acceptors (Lipinski definition) is 4. The minimum Gasteiger partial charge on any atom is -0.311 e. The molecule has 0 aliphatic heterocycles. The fraction of sp³-hybridized carbons (Fsp3) is 0.364. The quantitative estimate of drug-likeness (QED) is 0.832. The first-order chi connectivity index (χ1) is 7.79. The molecule has 0 aromatic carbocycles. The van der Waals surface area contributed by atoms with Gasteiger partial charge in [0.05, 0.1) is 23.8 Å². The average molecular weight is 217 g/mol. The fourth-order valence-electron chi connectivity index (χ4n) is 1.42. The molecule has 0 fully saturated rings. The SMILES string of the molecule is CCNCc1cn(-c2cncc(C)c2)nn1. The lowest BCUT2D eigenvalue weighted by Crippen LogP contribution is -2.11. The minimum atomic E-state index is 0.746. The van der Waals surface area contributed by atoms with Crippen molar-refractivity contribution in [3.8, 4) is 5.69 Å². The number of aryl methyl sites for hydroxylation is 1. The molecular weight excluding hydrogens is 202 g/mol. The molecule has 0 saturated carbocycles. The third kappa shape index (κ3) is 2.43. The van der Waals surface area contributed by atoms with Gasteiger partial charge >= 0.3 is 0 Å². The maximum atomic E-state index is 4.13. The van der Waals surface area contributed by atoms with Crippen molar-refractivity contribution in [2.75, 3.05) is 6.54 Å². The first-order valence-corrected chi connectivity index (χ1v) is 5.33. The van der Waals surface area contributed by atoms with Gasteiger partial charge in [-0.1, -0.05) is 12.1 Å². The zero-order chi connectivity index (χ0) is 11.4. The topological polar surface area (TPSA) is 55.6 Å². The van der Waals surface area contributed by atoms with Crippen LogP contribution in [0, 0.1) is 6.92 Å². The lowest BCUT2D eigenvalue weighted by atomic mass is 10.3. The smallest absolute Gasteiger partial charge is 0.0969 e. The molecule has 0 atom stereocenters. The lowest BCUT2D eigenvalue weighted by Gasteiger charge is -1.99. The first-order valence-electron chi connectivity index (χ1n) is 5.33. The summed E-state index contributed by atoms with van der Waals surface area (Å²) < 4.78 is 1.74. The molecule has 16 heavy (non-hydrogen) atoms. The van der Waals surface area contributed by atoms with Crippen molar-refractivity contribution in [1.82, 2.24) is 25.3 Å². The monoisotopic (exact) mass is 217 g/mol. The van der Waals surface area contributed by atoms with Crippen LogP contribution in [-0.2, 0) is 6.54 Å². The third-order valence-electron chi connectivity index (χ3n) is 2.22. The van der Waals surface area contributed by atoms with E-state index in [1.807, 2.05) is 25.4 Å².